The normalized spacial score (nSPS) is 32.1. The van der Waals surface area contributed by atoms with Gasteiger partial charge in [-0.1, -0.05) is 6.92 Å². The lowest BCUT2D eigenvalue weighted by molar-refractivity contribution is -0.135. The van der Waals surface area contributed by atoms with E-state index in [9.17, 15) is 19.8 Å². The Hall–Kier alpha value is -1.86. The minimum Gasteiger partial charge on any atom is -0.515 e. The van der Waals surface area contributed by atoms with Gasteiger partial charge in [-0.05, 0) is 31.3 Å². The van der Waals surface area contributed by atoms with Crippen molar-refractivity contribution in [2.75, 3.05) is 6.61 Å². The van der Waals surface area contributed by atoms with Crippen LogP contribution in [0.1, 0.15) is 20.3 Å². The third-order valence-electron chi connectivity index (χ3n) is 3.81. The zero-order chi connectivity index (χ0) is 16.2. The molecule has 0 spiro atoms. The zero-order valence-corrected chi connectivity index (χ0v) is 12.0. The molecule has 0 aromatic heterocycles. The van der Waals surface area contributed by atoms with Crippen molar-refractivity contribution < 1.29 is 29.6 Å². The first-order chi connectivity index (χ1) is 9.79. The molecule has 1 amide bonds. The van der Waals surface area contributed by atoms with Crippen LogP contribution in [0.3, 0.4) is 0 Å². The highest BCUT2D eigenvalue weighted by Crippen LogP contribution is 2.36. The van der Waals surface area contributed by atoms with E-state index in [-0.39, 0.29) is 29.8 Å². The SMILES string of the molecule is CC1=CCOC1=O.CC1C(/C(=C\O)C(N)=O)CC(O)C1O. The van der Waals surface area contributed by atoms with Crippen LogP contribution in [0.4, 0.5) is 0 Å². The number of hydrogen-bond donors (Lipinski definition) is 4. The zero-order valence-electron chi connectivity index (χ0n) is 12.0. The van der Waals surface area contributed by atoms with E-state index in [0.717, 1.165) is 5.57 Å². The summed E-state index contributed by atoms with van der Waals surface area (Å²) in [5.41, 5.74) is 5.83. The number of cyclic esters (lactones) is 1. The third kappa shape index (κ3) is 4.05. The number of carbonyl (C=O) groups excluding carboxylic acids is 2. The average molecular weight is 299 g/mol. The maximum absolute atomic E-state index is 10.9. The highest BCUT2D eigenvalue weighted by molar-refractivity contribution is 5.92. The van der Waals surface area contributed by atoms with E-state index in [4.69, 9.17) is 10.8 Å². The minimum absolute atomic E-state index is 0.0631. The van der Waals surface area contributed by atoms with Gasteiger partial charge in [0.2, 0.25) is 5.91 Å². The molecule has 1 saturated carbocycles. The van der Waals surface area contributed by atoms with Gasteiger partial charge in [-0.3, -0.25) is 4.79 Å². The van der Waals surface area contributed by atoms with Crippen LogP contribution in [0.5, 0.6) is 0 Å². The number of esters is 1. The van der Waals surface area contributed by atoms with Gasteiger partial charge in [0.1, 0.15) is 6.61 Å². The lowest BCUT2D eigenvalue weighted by Crippen LogP contribution is -2.26. The van der Waals surface area contributed by atoms with Gasteiger partial charge in [0, 0.05) is 5.57 Å². The second-order valence-electron chi connectivity index (χ2n) is 5.19. The quantitative estimate of drug-likeness (QED) is 0.317. The van der Waals surface area contributed by atoms with Crippen LogP contribution < -0.4 is 5.73 Å². The predicted octanol–water partition coefficient (Wildman–Crippen LogP) is -0.219. The summed E-state index contributed by atoms with van der Waals surface area (Å²) in [5.74, 6) is -1.55. The molecule has 7 nitrogen and oxygen atoms in total. The van der Waals surface area contributed by atoms with E-state index in [1.807, 2.05) is 0 Å². The average Bonchev–Trinajstić information content (AvgIpc) is 2.90. The van der Waals surface area contributed by atoms with E-state index in [2.05, 4.69) is 4.74 Å². The number of nitrogens with two attached hydrogens (primary N) is 1. The molecule has 1 aliphatic carbocycles. The summed E-state index contributed by atoms with van der Waals surface area (Å²) in [6.07, 6.45) is 0.951. The predicted molar refractivity (Wildman–Crippen MR) is 73.9 cm³/mol. The molecule has 1 fully saturated rings. The molecule has 5 N–H and O–H groups in total. The van der Waals surface area contributed by atoms with Crippen molar-refractivity contribution >= 4 is 11.9 Å². The number of primary amides is 1. The van der Waals surface area contributed by atoms with Gasteiger partial charge in [-0.15, -0.1) is 0 Å². The topological polar surface area (TPSA) is 130 Å². The molecule has 0 bridgehead atoms. The van der Waals surface area contributed by atoms with Crippen molar-refractivity contribution in [3.63, 3.8) is 0 Å². The van der Waals surface area contributed by atoms with E-state index >= 15 is 0 Å². The smallest absolute Gasteiger partial charge is 0.333 e. The lowest BCUT2D eigenvalue weighted by Gasteiger charge is -2.17. The number of aliphatic hydroxyl groups excluding tert-OH is 3. The van der Waals surface area contributed by atoms with E-state index in [0.29, 0.717) is 12.9 Å². The molecule has 1 heterocycles. The molecule has 4 unspecified atom stereocenters. The van der Waals surface area contributed by atoms with Gasteiger partial charge in [0.15, 0.2) is 0 Å². The van der Waals surface area contributed by atoms with Gasteiger partial charge in [-0.25, -0.2) is 4.79 Å². The molecule has 2 rings (SSSR count). The van der Waals surface area contributed by atoms with Crippen LogP contribution >= 0.6 is 0 Å². The molecule has 21 heavy (non-hydrogen) atoms. The Morgan fingerprint density at radius 2 is 2.10 bits per heavy atom. The van der Waals surface area contributed by atoms with Crippen molar-refractivity contribution in [3.05, 3.63) is 23.5 Å². The summed E-state index contributed by atoms with van der Waals surface area (Å²) in [6, 6.07) is 0. The van der Waals surface area contributed by atoms with Crippen molar-refractivity contribution in [1.82, 2.24) is 0 Å². The molecule has 0 radical (unpaired) electrons. The fourth-order valence-electron chi connectivity index (χ4n) is 2.39. The van der Waals surface area contributed by atoms with Gasteiger partial charge in [0.25, 0.3) is 0 Å². The molecule has 118 valence electrons. The third-order valence-corrected chi connectivity index (χ3v) is 3.81. The monoisotopic (exact) mass is 299 g/mol. The van der Waals surface area contributed by atoms with Crippen LogP contribution in [0.25, 0.3) is 0 Å². The number of amides is 1. The number of aliphatic hydroxyl groups is 3. The van der Waals surface area contributed by atoms with Crippen LogP contribution in [0, 0.1) is 11.8 Å². The lowest BCUT2D eigenvalue weighted by atomic mass is 9.89. The van der Waals surface area contributed by atoms with Gasteiger partial charge in [0.05, 0.1) is 24.0 Å². The minimum atomic E-state index is -0.866. The van der Waals surface area contributed by atoms with E-state index in [1.165, 1.54) is 0 Å². The second-order valence-corrected chi connectivity index (χ2v) is 5.19. The van der Waals surface area contributed by atoms with Crippen LogP contribution in [-0.4, -0.2) is 46.0 Å². The summed E-state index contributed by atoms with van der Waals surface area (Å²) in [5, 5.41) is 27.6. The first-order valence-corrected chi connectivity index (χ1v) is 6.63. The molecule has 1 aliphatic heterocycles. The summed E-state index contributed by atoms with van der Waals surface area (Å²) in [7, 11) is 0. The largest absolute Gasteiger partial charge is 0.515 e. The van der Waals surface area contributed by atoms with Crippen LogP contribution in [0.15, 0.2) is 23.5 Å². The molecule has 0 aromatic carbocycles. The molecule has 0 saturated heterocycles. The van der Waals surface area contributed by atoms with Crippen molar-refractivity contribution in [1.29, 1.82) is 0 Å². The van der Waals surface area contributed by atoms with E-state index in [1.54, 1.807) is 19.9 Å². The Morgan fingerprint density at radius 1 is 1.48 bits per heavy atom. The van der Waals surface area contributed by atoms with Crippen LogP contribution in [0.2, 0.25) is 0 Å². The summed E-state index contributed by atoms with van der Waals surface area (Å²) in [6.45, 7) is 3.91. The maximum atomic E-state index is 10.9. The maximum Gasteiger partial charge on any atom is 0.333 e. The molecule has 4 atom stereocenters. The Morgan fingerprint density at radius 3 is 2.33 bits per heavy atom. The fraction of sp³-hybridized carbons (Fsp3) is 0.571. The highest BCUT2D eigenvalue weighted by atomic mass is 16.5. The van der Waals surface area contributed by atoms with Gasteiger partial charge >= 0.3 is 5.97 Å². The Labute approximate surface area is 122 Å². The number of carbonyl (C=O) groups is 2. The van der Waals surface area contributed by atoms with Crippen LogP contribution in [-0.2, 0) is 14.3 Å². The first-order valence-electron chi connectivity index (χ1n) is 6.63. The summed E-state index contributed by atoms with van der Waals surface area (Å²) < 4.78 is 4.53. The van der Waals surface area contributed by atoms with Gasteiger partial charge in [-0.2, -0.15) is 0 Å². The molecular formula is C14H21NO6. The first kappa shape index (κ1) is 17.2. The number of rotatable bonds is 2. The van der Waals surface area contributed by atoms with Crippen molar-refractivity contribution in [2.45, 2.75) is 32.5 Å². The fourth-order valence-corrected chi connectivity index (χ4v) is 2.39. The molecule has 0 aromatic rings. The Balaban J connectivity index is 0.000000262. The number of hydrogen-bond acceptors (Lipinski definition) is 6. The Kier molecular flexibility index (Phi) is 5.92. The van der Waals surface area contributed by atoms with Crippen molar-refractivity contribution in [2.24, 2.45) is 17.6 Å². The highest BCUT2D eigenvalue weighted by Gasteiger charge is 2.41. The summed E-state index contributed by atoms with van der Waals surface area (Å²) >= 11 is 0. The standard InChI is InChI=1S/C9H15NO4.C5H6O2/c1-4-5(2-7(12)8(4)13)6(3-11)9(10)14;1-4-2-3-7-5(4)6/h3-5,7-8,11-13H,2H2,1H3,(H2,10,14);2H,3H2,1H3/b6-3+;. The van der Waals surface area contributed by atoms with Gasteiger partial charge < -0.3 is 25.8 Å². The number of ether oxygens (including phenoxy) is 1. The van der Waals surface area contributed by atoms with E-state index < -0.39 is 18.1 Å². The Bertz CT molecular complexity index is 470. The van der Waals surface area contributed by atoms with Crippen molar-refractivity contribution in [3.8, 4) is 0 Å². The summed E-state index contributed by atoms with van der Waals surface area (Å²) in [4.78, 5) is 21.2. The molecular weight excluding hydrogens is 278 g/mol. The molecule has 7 heteroatoms. The molecule has 2 aliphatic rings. The second kappa shape index (κ2) is 7.24.